The highest BCUT2D eigenvalue weighted by Gasteiger charge is 2.42. The molecular formula is C44H30N3S+. The van der Waals surface area contributed by atoms with Gasteiger partial charge in [0.05, 0.1) is 28.2 Å². The number of hydrogen-bond acceptors (Lipinski definition) is 2. The van der Waals surface area contributed by atoms with Crippen LogP contribution in [0.15, 0.2) is 145 Å². The molecule has 226 valence electrons. The lowest BCUT2D eigenvalue weighted by molar-refractivity contribution is -0.709. The fourth-order valence-electron chi connectivity index (χ4n) is 9.11. The van der Waals surface area contributed by atoms with Gasteiger partial charge in [0.2, 0.25) is 11.7 Å². The first-order chi connectivity index (χ1) is 23.7. The molecule has 3 nitrogen and oxygen atoms in total. The number of fused-ring (bicyclic) bond motifs is 17. The van der Waals surface area contributed by atoms with Gasteiger partial charge in [0.1, 0.15) is 5.70 Å². The third-order valence-corrected chi connectivity index (χ3v) is 12.2. The van der Waals surface area contributed by atoms with Gasteiger partial charge in [-0.1, -0.05) is 67.8 Å². The fourth-order valence-corrected chi connectivity index (χ4v) is 10.2. The molecule has 2 unspecified atom stereocenters. The van der Waals surface area contributed by atoms with E-state index in [2.05, 4.69) is 138 Å². The topological polar surface area (TPSA) is 20.6 Å². The van der Waals surface area contributed by atoms with E-state index in [0.717, 1.165) is 29.8 Å². The van der Waals surface area contributed by atoms with E-state index < -0.39 is 0 Å². The lowest BCUT2D eigenvalue weighted by Gasteiger charge is -2.30. The number of benzene rings is 5. The Balaban J connectivity index is 1.19. The maximum Gasteiger partial charge on any atom is 0.213 e. The number of nitrogens with zero attached hydrogens (tertiary/aromatic N) is 3. The highest BCUT2D eigenvalue weighted by Crippen LogP contribution is 2.48. The number of pyridine rings is 1. The molecule has 2 aliphatic rings. The smallest absolute Gasteiger partial charge is 0.213 e. The second-order valence-corrected chi connectivity index (χ2v) is 14.4. The van der Waals surface area contributed by atoms with Crippen molar-refractivity contribution in [2.24, 2.45) is 4.99 Å². The minimum Gasteiger partial charge on any atom is -0.308 e. The molecule has 6 heterocycles. The molecule has 0 N–H and O–H groups in total. The van der Waals surface area contributed by atoms with Crippen LogP contribution in [0.3, 0.4) is 0 Å². The van der Waals surface area contributed by atoms with Crippen LogP contribution in [0.25, 0.3) is 69.5 Å². The summed E-state index contributed by atoms with van der Waals surface area (Å²) < 4.78 is 7.61. The number of allylic oxidation sites excluding steroid dienone is 2. The van der Waals surface area contributed by atoms with Crippen LogP contribution < -0.4 is 4.57 Å². The standard InChI is InChI=1S/C44H30N3S/c1-3-35-33-24-34-29-14-10-15-32-41-37(20-21-40-42(41)31-13-6-7-17-39(31)48-40)47(44(29)32)38(34)23-26(33)18-19-30-27-11-4-5-12-28(27)36-16-8-9-22-46(36)43(30)25(2)45-35/h3-17,20-24,30,43H,1-2,18-19H2/q+1. The second kappa shape index (κ2) is 9.50. The lowest BCUT2D eigenvalue weighted by atomic mass is 9.78. The molecular weight excluding hydrogens is 603 g/mol. The number of aromatic nitrogens is 2. The van der Waals surface area contributed by atoms with E-state index in [1.54, 1.807) is 0 Å². The van der Waals surface area contributed by atoms with Gasteiger partial charge < -0.3 is 4.40 Å². The molecule has 4 heteroatoms. The van der Waals surface area contributed by atoms with Crippen LogP contribution in [0.5, 0.6) is 0 Å². The summed E-state index contributed by atoms with van der Waals surface area (Å²) in [6.07, 6.45) is 6.04. The van der Waals surface area contributed by atoms with Crippen LogP contribution in [-0.4, -0.2) is 10.1 Å². The highest BCUT2D eigenvalue weighted by atomic mass is 32.1. The summed E-state index contributed by atoms with van der Waals surface area (Å²) >= 11 is 1.89. The molecule has 0 saturated carbocycles. The molecule has 11 rings (SSSR count). The van der Waals surface area contributed by atoms with Gasteiger partial charge in [0.25, 0.3) is 0 Å². The summed E-state index contributed by atoms with van der Waals surface area (Å²) in [6.45, 7) is 8.90. The molecule has 0 radical (unpaired) electrons. The van der Waals surface area contributed by atoms with Crippen molar-refractivity contribution < 1.29 is 4.57 Å². The molecule has 9 aromatic rings. The summed E-state index contributed by atoms with van der Waals surface area (Å²) in [5.74, 6) is 0.249. The third kappa shape index (κ3) is 3.33. The normalized spacial score (nSPS) is 17.7. The minimum absolute atomic E-state index is 0.0313. The lowest BCUT2D eigenvalue weighted by Crippen LogP contribution is -2.48. The predicted molar refractivity (Wildman–Crippen MR) is 202 cm³/mol. The molecule has 5 aromatic carbocycles. The van der Waals surface area contributed by atoms with Crippen molar-refractivity contribution in [3.63, 3.8) is 0 Å². The molecule has 0 saturated heterocycles. The van der Waals surface area contributed by atoms with E-state index >= 15 is 0 Å². The number of thiophene rings is 1. The van der Waals surface area contributed by atoms with Crippen molar-refractivity contribution in [3.8, 4) is 11.3 Å². The van der Waals surface area contributed by atoms with Crippen molar-refractivity contribution in [1.29, 1.82) is 0 Å². The van der Waals surface area contributed by atoms with E-state index in [4.69, 9.17) is 4.99 Å². The van der Waals surface area contributed by atoms with E-state index in [9.17, 15) is 0 Å². The molecule has 2 atom stereocenters. The first-order valence-electron chi connectivity index (χ1n) is 16.7. The molecule has 0 spiro atoms. The van der Waals surface area contributed by atoms with Crippen molar-refractivity contribution in [2.75, 3.05) is 0 Å². The Labute approximate surface area is 281 Å². The van der Waals surface area contributed by atoms with Gasteiger partial charge in [0, 0.05) is 65.0 Å². The van der Waals surface area contributed by atoms with Gasteiger partial charge >= 0.3 is 0 Å². The first kappa shape index (κ1) is 26.5. The van der Waals surface area contributed by atoms with Crippen molar-refractivity contribution >= 4 is 75.3 Å². The molecule has 0 aliphatic carbocycles. The maximum absolute atomic E-state index is 5.31. The summed E-state index contributed by atoms with van der Waals surface area (Å²) in [7, 11) is 0. The van der Waals surface area contributed by atoms with Crippen molar-refractivity contribution in [2.45, 2.75) is 24.8 Å². The van der Waals surface area contributed by atoms with Crippen LogP contribution in [0.2, 0.25) is 0 Å². The Hall–Kier alpha value is -5.58. The zero-order valence-corrected chi connectivity index (χ0v) is 27.1. The van der Waals surface area contributed by atoms with E-state index in [1.807, 2.05) is 17.4 Å². The Morgan fingerprint density at radius 2 is 1.58 bits per heavy atom. The van der Waals surface area contributed by atoms with E-state index in [0.29, 0.717) is 0 Å². The Bertz CT molecular complexity index is 2900. The zero-order valence-electron chi connectivity index (χ0n) is 26.3. The van der Waals surface area contributed by atoms with Crippen molar-refractivity contribution in [1.82, 2.24) is 4.40 Å². The summed E-state index contributed by atoms with van der Waals surface area (Å²) in [6, 6.07) is 40.6. The largest absolute Gasteiger partial charge is 0.308 e. The average Bonchev–Trinajstić information content (AvgIpc) is 3.79. The molecule has 0 fully saturated rings. The monoisotopic (exact) mass is 632 g/mol. The zero-order chi connectivity index (χ0) is 31.7. The fraction of sp³-hybridized carbons (Fsp3) is 0.0909. The number of para-hydroxylation sites is 1. The molecule has 2 aliphatic heterocycles. The summed E-state index contributed by atoms with van der Waals surface area (Å²) in [5.41, 5.74) is 12.0. The van der Waals surface area contributed by atoms with Gasteiger partial charge in [0.15, 0.2) is 6.20 Å². The number of rotatable bonds is 1. The summed E-state index contributed by atoms with van der Waals surface area (Å²) in [5, 5.41) is 7.94. The number of aryl methyl sites for hydroxylation is 1. The Morgan fingerprint density at radius 1 is 0.750 bits per heavy atom. The molecule has 48 heavy (non-hydrogen) atoms. The predicted octanol–water partition coefficient (Wildman–Crippen LogP) is 10.9. The van der Waals surface area contributed by atoms with Gasteiger partial charge in [-0.3, -0.25) is 0 Å². The van der Waals surface area contributed by atoms with Gasteiger partial charge in [-0.15, -0.1) is 11.3 Å². The first-order valence-corrected chi connectivity index (χ1v) is 17.6. The van der Waals surface area contributed by atoms with Crippen molar-refractivity contribution in [3.05, 3.63) is 157 Å². The van der Waals surface area contributed by atoms with Crippen LogP contribution in [0, 0.1) is 0 Å². The van der Waals surface area contributed by atoms with E-state index in [1.165, 1.54) is 80.7 Å². The van der Waals surface area contributed by atoms with Crippen LogP contribution in [0.4, 0.5) is 0 Å². The highest BCUT2D eigenvalue weighted by molar-refractivity contribution is 7.26. The molecule has 0 bridgehead atoms. The van der Waals surface area contributed by atoms with E-state index in [-0.39, 0.29) is 12.0 Å². The van der Waals surface area contributed by atoms with Gasteiger partial charge in [-0.2, -0.15) is 4.57 Å². The minimum atomic E-state index is 0.0313. The molecule has 4 aromatic heterocycles. The van der Waals surface area contributed by atoms with Crippen LogP contribution in [0.1, 0.15) is 35.1 Å². The maximum atomic E-state index is 5.31. The Kier molecular flexibility index (Phi) is 5.24. The third-order valence-electron chi connectivity index (χ3n) is 11.1. The molecule has 0 amide bonds. The van der Waals surface area contributed by atoms with Gasteiger partial charge in [-0.25, -0.2) is 4.99 Å². The summed E-state index contributed by atoms with van der Waals surface area (Å²) in [4.78, 5) is 5.31. The Morgan fingerprint density at radius 3 is 2.52 bits per heavy atom. The van der Waals surface area contributed by atoms with Crippen LogP contribution >= 0.6 is 11.3 Å². The average molecular weight is 633 g/mol. The number of hydrogen-bond donors (Lipinski definition) is 0. The number of aliphatic imine (C=N–C) groups is 1. The SMILES string of the molecule is C=CC1=NC(=C)C2C(CCc3cc4c(cc31)c1cccc3c5c6c(ccc5n4c13)sc1ccccc16)c1ccccc1-c1cccc[n+]12. The second-order valence-electron chi connectivity index (χ2n) is 13.4. The quantitative estimate of drug-likeness (QED) is 0.161. The van der Waals surface area contributed by atoms with Crippen LogP contribution in [-0.2, 0) is 6.42 Å². The van der Waals surface area contributed by atoms with Gasteiger partial charge in [-0.05, 0) is 72.5 Å².